The molecule has 8 nitrogen and oxygen atoms in total. The number of amides is 2. The topological polar surface area (TPSA) is 113 Å². The van der Waals surface area contributed by atoms with Crippen molar-refractivity contribution in [1.82, 2.24) is 5.32 Å². The smallest absolute Gasteiger partial charge is 0.420 e. The third-order valence-electron chi connectivity index (χ3n) is 5.95. The highest BCUT2D eigenvalue weighted by molar-refractivity contribution is 5.98. The second kappa shape index (κ2) is 11.8. The highest BCUT2D eigenvalue weighted by Gasteiger charge is 2.41. The van der Waals surface area contributed by atoms with Crippen molar-refractivity contribution < 1.29 is 64.3 Å². The van der Waals surface area contributed by atoms with Crippen molar-refractivity contribution in [2.45, 2.75) is 44.4 Å². The minimum atomic E-state index is -4.74. The predicted molar refractivity (Wildman–Crippen MR) is 121 cm³/mol. The van der Waals surface area contributed by atoms with E-state index in [1.54, 1.807) is 0 Å². The van der Waals surface area contributed by atoms with Gasteiger partial charge >= 0.3 is 18.1 Å². The fraction of sp³-hybridized carbons (Fsp3) is 0.320. The molecule has 15 heteroatoms. The SMILES string of the molecule is CC[C@@H](C(=O)NC(CC(=O)O)C(=O)COc1c(F)c(F)cc(F)c1F)[N+]1=CCc2ccc(C(F)(F)F)cc2C1=O. The molecule has 0 fully saturated rings. The molecule has 0 saturated carbocycles. The molecule has 0 radical (unpaired) electrons. The van der Waals surface area contributed by atoms with Crippen molar-refractivity contribution in [3.63, 3.8) is 0 Å². The van der Waals surface area contributed by atoms with E-state index < -0.39 is 89.4 Å². The van der Waals surface area contributed by atoms with Gasteiger partial charge in [0.05, 0.1) is 24.0 Å². The van der Waals surface area contributed by atoms with Crippen LogP contribution in [0.15, 0.2) is 24.3 Å². The minimum Gasteiger partial charge on any atom is -0.481 e. The van der Waals surface area contributed by atoms with E-state index in [4.69, 9.17) is 5.11 Å². The maximum absolute atomic E-state index is 13.8. The number of alkyl halides is 3. The van der Waals surface area contributed by atoms with Crippen molar-refractivity contribution in [2.75, 3.05) is 6.61 Å². The number of aliphatic carboxylic acids is 1. The third kappa shape index (κ3) is 6.46. The Hall–Kier alpha value is -4.30. The lowest BCUT2D eigenvalue weighted by Gasteiger charge is -2.21. The zero-order valence-corrected chi connectivity index (χ0v) is 20.5. The van der Waals surface area contributed by atoms with Gasteiger partial charge < -0.3 is 15.2 Å². The van der Waals surface area contributed by atoms with Crippen molar-refractivity contribution in [3.05, 3.63) is 64.2 Å². The first-order chi connectivity index (χ1) is 18.6. The molecule has 1 heterocycles. The number of carbonyl (C=O) groups is 4. The number of nitrogens with one attached hydrogen (secondary N) is 1. The molecule has 0 spiro atoms. The number of carbonyl (C=O) groups excluding carboxylic acids is 3. The van der Waals surface area contributed by atoms with Gasteiger partial charge in [-0.1, -0.05) is 13.0 Å². The average molecular weight is 577 g/mol. The molecule has 214 valence electrons. The third-order valence-corrected chi connectivity index (χ3v) is 5.95. The second-order valence-electron chi connectivity index (χ2n) is 8.60. The van der Waals surface area contributed by atoms with Gasteiger partial charge in [0.2, 0.25) is 17.7 Å². The molecule has 1 aliphatic heterocycles. The van der Waals surface area contributed by atoms with E-state index in [1.165, 1.54) is 13.1 Å². The van der Waals surface area contributed by atoms with Gasteiger partial charge in [0, 0.05) is 12.5 Å². The molecule has 2 aromatic rings. The number of carboxylic acids is 1. The molecule has 2 aromatic carbocycles. The van der Waals surface area contributed by atoms with Crippen molar-refractivity contribution in [1.29, 1.82) is 0 Å². The summed E-state index contributed by atoms with van der Waals surface area (Å²) in [6.07, 6.45) is -4.67. The molecule has 0 saturated heterocycles. The van der Waals surface area contributed by atoms with E-state index in [1.807, 2.05) is 0 Å². The monoisotopic (exact) mass is 577 g/mol. The van der Waals surface area contributed by atoms with E-state index in [2.05, 4.69) is 10.1 Å². The molecule has 1 unspecified atom stereocenters. The molecule has 0 aromatic heterocycles. The van der Waals surface area contributed by atoms with Crippen LogP contribution in [0.4, 0.5) is 30.7 Å². The van der Waals surface area contributed by atoms with Gasteiger partial charge in [-0.15, -0.1) is 0 Å². The number of fused-ring (bicyclic) bond motifs is 1. The average Bonchev–Trinajstić information content (AvgIpc) is 2.87. The summed E-state index contributed by atoms with van der Waals surface area (Å²) >= 11 is 0. The van der Waals surface area contributed by atoms with E-state index >= 15 is 0 Å². The summed E-state index contributed by atoms with van der Waals surface area (Å²) in [5.41, 5.74) is -1.12. The second-order valence-corrected chi connectivity index (χ2v) is 8.60. The van der Waals surface area contributed by atoms with Crippen molar-refractivity contribution in [2.24, 2.45) is 0 Å². The van der Waals surface area contributed by atoms with Gasteiger partial charge in [0.1, 0.15) is 12.6 Å². The summed E-state index contributed by atoms with van der Waals surface area (Å²) in [7, 11) is 0. The Bertz CT molecular complexity index is 1380. The van der Waals surface area contributed by atoms with Crippen LogP contribution in [0, 0.1) is 23.3 Å². The van der Waals surface area contributed by atoms with Crippen LogP contribution >= 0.6 is 0 Å². The lowest BCUT2D eigenvalue weighted by atomic mass is 9.97. The number of halogens is 7. The molecule has 0 bridgehead atoms. The van der Waals surface area contributed by atoms with Crippen molar-refractivity contribution in [3.8, 4) is 5.75 Å². The molecule has 3 rings (SSSR count). The zero-order chi connectivity index (χ0) is 29.9. The van der Waals surface area contributed by atoms with Crippen LogP contribution in [0.5, 0.6) is 5.75 Å². The molecule has 0 aliphatic carbocycles. The quantitative estimate of drug-likeness (QED) is 0.254. The molecule has 2 atom stereocenters. The van der Waals surface area contributed by atoms with Gasteiger partial charge in [0.15, 0.2) is 29.4 Å². The number of hydrogen-bond acceptors (Lipinski definition) is 5. The Morgan fingerprint density at radius 1 is 1.07 bits per heavy atom. The van der Waals surface area contributed by atoms with Crippen LogP contribution in [-0.2, 0) is 27.0 Å². The fourth-order valence-corrected chi connectivity index (χ4v) is 3.94. The Kier molecular flexibility index (Phi) is 8.95. The molecule has 40 heavy (non-hydrogen) atoms. The lowest BCUT2D eigenvalue weighted by molar-refractivity contribution is -0.456. The van der Waals surface area contributed by atoms with E-state index in [9.17, 15) is 49.9 Å². The molecule has 1 aliphatic rings. The van der Waals surface area contributed by atoms with Gasteiger partial charge in [-0.3, -0.25) is 14.4 Å². The Morgan fingerprint density at radius 3 is 2.25 bits per heavy atom. The van der Waals surface area contributed by atoms with Crippen LogP contribution in [0.25, 0.3) is 0 Å². The van der Waals surface area contributed by atoms with Crippen LogP contribution in [-0.4, -0.2) is 58.2 Å². The Labute approximate surface area is 221 Å². The Balaban J connectivity index is 1.80. The number of hydrogen-bond donors (Lipinski definition) is 2. The number of carboxylic acid groups (broad SMARTS) is 1. The van der Waals surface area contributed by atoms with Gasteiger partial charge in [-0.05, 0) is 17.7 Å². The van der Waals surface area contributed by atoms with E-state index in [0.29, 0.717) is 6.07 Å². The molecular weight excluding hydrogens is 557 g/mol. The van der Waals surface area contributed by atoms with Gasteiger partial charge in [-0.25, -0.2) is 13.6 Å². The van der Waals surface area contributed by atoms with Crippen LogP contribution < -0.4 is 10.1 Å². The van der Waals surface area contributed by atoms with Crippen molar-refractivity contribution >= 4 is 29.8 Å². The van der Waals surface area contributed by atoms with E-state index in [-0.39, 0.29) is 30.0 Å². The summed E-state index contributed by atoms with van der Waals surface area (Å²) in [5, 5.41) is 11.2. The summed E-state index contributed by atoms with van der Waals surface area (Å²) in [6, 6.07) is -0.800. The Morgan fingerprint density at radius 2 is 1.70 bits per heavy atom. The standard InChI is InChI=1S/C25H19F7N2O6/c1-2-17(34-6-5-11-3-4-12(25(30,31)32)7-13(11)24(34)39)23(38)33-16(9-19(36)37)18(35)10-40-22-20(28)14(26)8-15(27)21(22)29/h3-4,6-8,16-17H,2,5,9-10H2,1H3,(H-,33,36,37,38)/p+1/t16?,17-/m0/s1. The normalized spacial score (nSPS) is 14.6. The molecular formula is C25H20F7N2O6+. The first-order valence-electron chi connectivity index (χ1n) is 11.5. The molecule has 2 N–H and O–H groups in total. The van der Waals surface area contributed by atoms with E-state index in [0.717, 1.165) is 16.7 Å². The highest BCUT2D eigenvalue weighted by Crippen LogP contribution is 2.32. The number of benzene rings is 2. The predicted octanol–water partition coefficient (Wildman–Crippen LogP) is 3.43. The van der Waals surface area contributed by atoms with Gasteiger partial charge in [-0.2, -0.15) is 26.5 Å². The summed E-state index contributed by atoms with van der Waals surface area (Å²) in [5.74, 6) is -14.0. The van der Waals surface area contributed by atoms with Crippen LogP contribution in [0.2, 0.25) is 0 Å². The highest BCUT2D eigenvalue weighted by atomic mass is 19.4. The largest absolute Gasteiger partial charge is 0.481 e. The number of ketones is 1. The first kappa shape index (κ1) is 30.2. The minimum absolute atomic E-state index is 0.0182. The summed E-state index contributed by atoms with van der Waals surface area (Å²) in [4.78, 5) is 49.9. The first-order valence-corrected chi connectivity index (χ1v) is 11.5. The zero-order valence-electron chi connectivity index (χ0n) is 20.5. The number of nitrogens with zero attached hydrogens (tertiary/aromatic N) is 1. The summed E-state index contributed by atoms with van der Waals surface area (Å²) < 4.78 is 99.3. The number of rotatable bonds is 10. The molecule has 2 amide bonds. The van der Waals surface area contributed by atoms with Crippen LogP contribution in [0.3, 0.4) is 0 Å². The maximum atomic E-state index is 13.8. The van der Waals surface area contributed by atoms with Crippen LogP contribution in [0.1, 0.15) is 41.3 Å². The maximum Gasteiger partial charge on any atom is 0.420 e. The van der Waals surface area contributed by atoms with Gasteiger partial charge in [0.25, 0.3) is 5.91 Å². The summed E-state index contributed by atoms with van der Waals surface area (Å²) in [6.45, 7) is 0.127. The fourth-order valence-electron chi connectivity index (χ4n) is 3.94. The number of Topliss-reactive ketones (excluding diaryl/α,β-unsaturated/α-hetero) is 1. The number of ether oxygens (including phenoxy) is 1. The lowest BCUT2D eigenvalue weighted by Crippen LogP contribution is -2.52.